The molecule has 1 aromatic rings. The van der Waals surface area contributed by atoms with Gasteiger partial charge in [0.1, 0.15) is 6.10 Å². The summed E-state index contributed by atoms with van der Waals surface area (Å²) in [7, 11) is 0. The number of rotatable bonds is 7. The second-order valence-electron chi connectivity index (χ2n) is 4.89. The van der Waals surface area contributed by atoms with Gasteiger partial charge in [-0.2, -0.15) is 0 Å². The predicted molar refractivity (Wildman–Crippen MR) is 76.5 cm³/mol. The number of halogens is 2. The fraction of sp³-hybridized carbons (Fsp3) is 0.571. The molecule has 1 N–H and O–H groups in total. The van der Waals surface area contributed by atoms with E-state index in [1.165, 1.54) is 6.07 Å². The van der Waals surface area contributed by atoms with Crippen molar-refractivity contribution in [1.29, 1.82) is 0 Å². The molecule has 0 aliphatic carbocycles. The summed E-state index contributed by atoms with van der Waals surface area (Å²) in [4.78, 5) is 0. The first-order valence-electron chi connectivity index (χ1n) is 6.31. The molecule has 18 heavy (non-hydrogen) atoms. The van der Waals surface area contributed by atoms with Crippen molar-refractivity contribution in [2.24, 2.45) is 5.92 Å². The van der Waals surface area contributed by atoms with Gasteiger partial charge in [0.05, 0.1) is 0 Å². The van der Waals surface area contributed by atoms with Gasteiger partial charge in [-0.05, 0) is 44.0 Å². The highest BCUT2D eigenvalue weighted by atomic mass is 79.9. The van der Waals surface area contributed by atoms with Crippen LogP contribution in [0.25, 0.3) is 0 Å². The molecule has 2 nitrogen and oxygen atoms in total. The lowest BCUT2D eigenvalue weighted by Gasteiger charge is -2.16. The average molecular weight is 318 g/mol. The summed E-state index contributed by atoms with van der Waals surface area (Å²) in [5, 5.41) is 3.31. The van der Waals surface area contributed by atoms with Crippen LogP contribution in [0.3, 0.4) is 0 Å². The molecule has 0 aliphatic rings. The smallest absolute Gasteiger partial charge is 0.165 e. The monoisotopic (exact) mass is 317 g/mol. The summed E-state index contributed by atoms with van der Waals surface area (Å²) in [6.07, 6.45) is 1.08. The number of hydrogen-bond donors (Lipinski definition) is 1. The second-order valence-corrected chi connectivity index (χ2v) is 5.81. The summed E-state index contributed by atoms with van der Waals surface area (Å²) in [5.74, 6) is 0.658. The van der Waals surface area contributed by atoms with E-state index < -0.39 is 0 Å². The van der Waals surface area contributed by atoms with Gasteiger partial charge in [0.2, 0.25) is 0 Å². The molecular weight excluding hydrogens is 297 g/mol. The minimum Gasteiger partial charge on any atom is -0.486 e. The van der Waals surface area contributed by atoms with Crippen LogP contribution in [-0.2, 0) is 0 Å². The van der Waals surface area contributed by atoms with E-state index in [-0.39, 0.29) is 11.9 Å². The van der Waals surface area contributed by atoms with E-state index in [2.05, 4.69) is 35.1 Å². The van der Waals surface area contributed by atoms with Gasteiger partial charge in [-0.1, -0.05) is 29.8 Å². The van der Waals surface area contributed by atoms with Crippen molar-refractivity contribution in [2.75, 3.05) is 13.1 Å². The summed E-state index contributed by atoms with van der Waals surface area (Å²) < 4.78 is 19.8. The van der Waals surface area contributed by atoms with Crippen molar-refractivity contribution < 1.29 is 9.13 Å². The normalized spacial score (nSPS) is 12.8. The van der Waals surface area contributed by atoms with E-state index >= 15 is 0 Å². The van der Waals surface area contributed by atoms with E-state index in [9.17, 15) is 4.39 Å². The predicted octanol–water partition coefficient (Wildman–Crippen LogP) is 3.99. The summed E-state index contributed by atoms with van der Waals surface area (Å²) in [5.41, 5.74) is 0. The van der Waals surface area contributed by atoms with E-state index in [0.717, 1.165) is 24.0 Å². The van der Waals surface area contributed by atoms with Crippen molar-refractivity contribution in [3.8, 4) is 5.75 Å². The van der Waals surface area contributed by atoms with Gasteiger partial charge in [-0.3, -0.25) is 0 Å². The minimum atomic E-state index is -0.327. The number of benzene rings is 1. The molecule has 4 heteroatoms. The Labute approximate surface area is 117 Å². The van der Waals surface area contributed by atoms with E-state index in [1.54, 1.807) is 12.1 Å². The Bertz CT molecular complexity index is 371. The van der Waals surface area contributed by atoms with Gasteiger partial charge in [0.15, 0.2) is 11.6 Å². The van der Waals surface area contributed by atoms with Crippen LogP contribution in [0.1, 0.15) is 27.2 Å². The van der Waals surface area contributed by atoms with Crippen molar-refractivity contribution in [2.45, 2.75) is 33.3 Å². The Morgan fingerprint density at radius 3 is 2.72 bits per heavy atom. The lowest BCUT2D eigenvalue weighted by molar-refractivity contribution is 0.207. The highest BCUT2D eigenvalue weighted by Gasteiger charge is 2.08. The molecule has 0 aliphatic heterocycles. The van der Waals surface area contributed by atoms with E-state index in [0.29, 0.717) is 11.7 Å². The molecule has 1 atom stereocenters. The zero-order valence-corrected chi connectivity index (χ0v) is 12.8. The Kier molecular flexibility index (Phi) is 6.65. The zero-order chi connectivity index (χ0) is 13.5. The highest BCUT2D eigenvalue weighted by Crippen LogP contribution is 2.23. The number of ether oxygens (including phenoxy) is 1. The molecule has 1 unspecified atom stereocenters. The summed E-state index contributed by atoms with van der Waals surface area (Å²) in [6.45, 7) is 8.00. The third-order valence-electron chi connectivity index (χ3n) is 2.55. The van der Waals surface area contributed by atoms with Gasteiger partial charge in [-0.25, -0.2) is 4.39 Å². The van der Waals surface area contributed by atoms with Gasteiger partial charge >= 0.3 is 0 Å². The molecule has 0 saturated heterocycles. The maximum absolute atomic E-state index is 13.5. The van der Waals surface area contributed by atoms with Gasteiger partial charge in [0, 0.05) is 11.0 Å². The van der Waals surface area contributed by atoms with Gasteiger partial charge < -0.3 is 10.1 Å². The first-order chi connectivity index (χ1) is 8.49. The first-order valence-corrected chi connectivity index (χ1v) is 7.10. The molecule has 0 aromatic heterocycles. The molecule has 0 spiro atoms. The van der Waals surface area contributed by atoms with Crippen LogP contribution in [0, 0.1) is 11.7 Å². The quantitative estimate of drug-likeness (QED) is 0.768. The molecule has 0 radical (unpaired) electrons. The number of nitrogens with one attached hydrogen (secondary N) is 1. The molecule has 1 rings (SSSR count). The fourth-order valence-electron chi connectivity index (χ4n) is 1.52. The topological polar surface area (TPSA) is 21.3 Å². The Morgan fingerprint density at radius 2 is 2.06 bits per heavy atom. The molecular formula is C14H21BrFNO. The highest BCUT2D eigenvalue weighted by molar-refractivity contribution is 9.10. The van der Waals surface area contributed by atoms with E-state index in [4.69, 9.17) is 4.74 Å². The van der Waals surface area contributed by atoms with Gasteiger partial charge in [-0.15, -0.1) is 0 Å². The molecule has 0 bridgehead atoms. The molecule has 102 valence electrons. The molecule has 0 saturated carbocycles. The standard InChI is InChI=1S/C14H21BrFNO/c1-10(2)6-7-17-9-11(3)18-14-8-12(15)4-5-13(14)16/h4-5,8,10-11,17H,6-7,9H2,1-3H3. The van der Waals surface area contributed by atoms with Crippen LogP contribution in [-0.4, -0.2) is 19.2 Å². The lowest BCUT2D eigenvalue weighted by Crippen LogP contribution is -2.30. The summed E-state index contributed by atoms with van der Waals surface area (Å²) in [6, 6.07) is 4.71. The largest absolute Gasteiger partial charge is 0.486 e. The van der Waals surface area contributed by atoms with Crippen molar-refractivity contribution >= 4 is 15.9 Å². The Hall–Kier alpha value is -0.610. The SMILES string of the molecule is CC(C)CCNCC(C)Oc1cc(Br)ccc1F. The minimum absolute atomic E-state index is 0.0547. The maximum atomic E-state index is 13.5. The van der Waals surface area contributed by atoms with Crippen LogP contribution < -0.4 is 10.1 Å². The average Bonchev–Trinajstić information content (AvgIpc) is 2.29. The van der Waals surface area contributed by atoms with E-state index in [1.807, 2.05) is 6.92 Å². The molecule has 0 amide bonds. The number of hydrogen-bond acceptors (Lipinski definition) is 2. The maximum Gasteiger partial charge on any atom is 0.165 e. The zero-order valence-electron chi connectivity index (χ0n) is 11.2. The summed E-state index contributed by atoms with van der Waals surface area (Å²) >= 11 is 3.30. The molecule has 1 aromatic carbocycles. The lowest BCUT2D eigenvalue weighted by atomic mass is 10.1. The van der Waals surface area contributed by atoms with Crippen molar-refractivity contribution in [1.82, 2.24) is 5.32 Å². The van der Waals surface area contributed by atoms with Crippen molar-refractivity contribution in [3.63, 3.8) is 0 Å². The molecule has 0 heterocycles. The fourth-order valence-corrected chi connectivity index (χ4v) is 1.86. The van der Waals surface area contributed by atoms with Crippen molar-refractivity contribution in [3.05, 3.63) is 28.5 Å². The first kappa shape index (κ1) is 15.4. The Morgan fingerprint density at radius 1 is 1.33 bits per heavy atom. The van der Waals surface area contributed by atoms with Crippen LogP contribution in [0.15, 0.2) is 22.7 Å². The van der Waals surface area contributed by atoms with Crippen LogP contribution in [0.2, 0.25) is 0 Å². The van der Waals surface area contributed by atoms with Crippen LogP contribution in [0.4, 0.5) is 4.39 Å². The third-order valence-corrected chi connectivity index (χ3v) is 3.04. The third kappa shape index (κ3) is 5.83. The van der Waals surface area contributed by atoms with Crippen LogP contribution in [0.5, 0.6) is 5.75 Å². The van der Waals surface area contributed by atoms with Gasteiger partial charge in [0.25, 0.3) is 0 Å². The Balaban J connectivity index is 2.35. The second kappa shape index (κ2) is 7.74. The molecule has 0 fully saturated rings. The van der Waals surface area contributed by atoms with Crippen LogP contribution >= 0.6 is 15.9 Å².